The quantitative estimate of drug-likeness (QED) is 0.323. The number of nitrogens with zero attached hydrogens (tertiary/aromatic N) is 3. The molecule has 0 unspecified atom stereocenters. The predicted molar refractivity (Wildman–Crippen MR) is 119 cm³/mol. The van der Waals surface area contributed by atoms with Gasteiger partial charge < -0.3 is 15.7 Å². The van der Waals surface area contributed by atoms with Crippen molar-refractivity contribution in [1.82, 2.24) is 25.6 Å². The normalized spacial score (nSPS) is 14.1. The lowest BCUT2D eigenvalue weighted by Crippen LogP contribution is -2.47. The van der Waals surface area contributed by atoms with Crippen LogP contribution in [0.15, 0.2) is 23.0 Å². The molecule has 0 aliphatic heterocycles. The number of hydrogen-bond donors (Lipinski definition) is 3. The van der Waals surface area contributed by atoms with Gasteiger partial charge in [-0.3, -0.25) is 9.59 Å². The lowest BCUT2D eigenvalue weighted by Gasteiger charge is -2.32. The minimum atomic E-state index is -1.08. The number of rotatable bonds is 12. The zero-order valence-electron chi connectivity index (χ0n) is 17.8. The summed E-state index contributed by atoms with van der Waals surface area (Å²) in [6.07, 6.45) is 2.25. The van der Waals surface area contributed by atoms with E-state index in [1.54, 1.807) is 17.6 Å². The second-order valence-corrected chi connectivity index (χ2v) is 8.80. The van der Waals surface area contributed by atoms with Gasteiger partial charge in [-0.05, 0) is 43.6 Å². The molecule has 0 aliphatic carbocycles. The Kier molecular flexibility index (Phi) is 9.00. The topological polar surface area (TPSA) is 126 Å². The van der Waals surface area contributed by atoms with Gasteiger partial charge in [-0.2, -0.15) is 11.3 Å². The van der Waals surface area contributed by atoms with Crippen LogP contribution in [0.2, 0.25) is 0 Å². The third-order valence-electron chi connectivity index (χ3n) is 5.36. The summed E-state index contributed by atoms with van der Waals surface area (Å²) in [5.41, 5.74) is 0.331. The molecule has 0 aliphatic rings. The summed E-state index contributed by atoms with van der Waals surface area (Å²) in [5, 5.41) is 26.0. The van der Waals surface area contributed by atoms with Crippen molar-refractivity contribution < 1.29 is 19.5 Å². The molecular weight excluding hydrogens is 442 g/mol. The second kappa shape index (κ2) is 11.2. The van der Waals surface area contributed by atoms with Gasteiger partial charge in [0.2, 0.25) is 0 Å². The van der Waals surface area contributed by atoms with Crippen LogP contribution < -0.4 is 10.6 Å². The number of aromatic nitrogens is 3. The molecule has 11 heteroatoms. The van der Waals surface area contributed by atoms with Crippen LogP contribution in [0.5, 0.6) is 0 Å². The van der Waals surface area contributed by atoms with E-state index in [0.717, 1.165) is 0 Å². The van der Waals surface area contributed by atoms with Crippen LogP contribution in [0.25, 0.3) is 0 Å². The smallest absolute Gasteiger partial charge is 0.404 e. The third-order valence-corrected chi connectivity index (χ3v) is 6.30. The Balaban J connectivity index is 2.17. The zero-order valence-corrected chi connectivity index (χ0v) is 19.4. The fraction of sp³-hybridized carbons (Fsp3) is 0.550. The summed E-state index contributed by atoms with van der Waals surface area (Å²) < 4.78 is 1.49. The number of amides is 2. The molecule has 170 valence electrons. The van der Waals surface area contributed by atoms with Crippen LogP contribution in [0.3, 0.4) is 0 Å². The molecule has 2 aromatic heterocycles. The van der Waals surface area contributed by atoms with Crippen LogP contribution in [-0.2, 0) is 10.3 Å². The molecule has 0 saturated heterocycles. The van der Waals surface area contributed by atoms with E-state index in [4.69, 9.17) is 16.7 Å². The van der Waals surface area contributed by atoms with Gasteiger partial charge in [0.25, 0.3) is 5.91 Å². The monoisotopic (exact) mass is 469 g/mol. The van der Waals surface area contributed by atoms with Gasteiger partial charge in [0.15, 0.2) is 5.78 Å². The van der Waals surface area contributed by atoms with Gasteiger partial charge in [-0.25, -0.2) is 9.48 Å². The van der Waals surface area contributed by atoms with Gasteiger partial charge in [-0.1, -0.05) is 19.1 Å². The third kappa shape index (κ3) is 6.51. The molecule has 0 fully saturated rings. The maximum absolute atomic E-state index is 12.7. The van der Waals surface area contributed by atoms with Crippen LogP contribution >= 0.6 is 22.9 Å². The first-order valence-electron chi connectivity index (χ1n) is 10.0. The molecular formula is C20H28ClN5O4S. The van der Waals surface area contributed by atoms with Gasteiger partial charge in [0.05, 0.1) is 23.2 Å². The van der Waals surface area contributed by atoms with Gasteiger partial charge in [-0.15, -0.1) is 16.7 Å². The highest BCUT2D eigenvalue weighted by molar-refractivity contribution is 7.08. The first-order valence-corrected chi connectivity index (χ1v) is 11.5. The molecule has 9 nitrogen and oxygen atoms in total. The molecule has 2 rings (SSSR count). The van der Waals surface area contributed by atoms with E-state index >= 15 is 0 Å². The Labute approximate surface area is 190 Å². The van der Waals surface area contributed by atoms with E-state index in [0.29, 0.717) is 37.1 Å². The highest BCUT2D eigenvalue weighted by Gasteiger charge is 2.36. The number of ketones is 1. The Bertz CT molecular complexity index is 886. The van der Waals surface area contributed by atoms with Gasteiger partial charge >= 0.3 is 6.09 Å². The fourth-order valence-electron chi connectivity index (χ4n) is 3.06. The standard InChI is InChI=1S/C20H28ClN5O4S/c1-13(2)20(3,23-18(28)14-7-9-31-12-14)17-11-26(25-24-17)15(16(27)10-21)6-4-5-8-22-19(29)30/h7,9,11-13,15,22H,4-6,8,10H2,1-3H3,(H,23,28)(H,29,30)/t15-,20-/m0/s1. The Morgan fingerprint density at radius 3 is 2.65 bits per heavy atom. The van der Waals surface area contributed by atoms with Crippen molar-refractivity contribution >= 4 is 40.7 Å². The molecule has 0 aromatic carbocycles. The molecule has 0 saturated carbocycles. The predicted octanol–water partition coefficient (Wildman–Crippen LogP) is 3.43. The van der Waals surface area contributed by atoms with Crippen molar-refractivity contribution in [1.29, 1.82) is 0 Å². The van der Waals surface area contributed by atoms with Gasteiger partial charge in [0, 0.05) is 11.9 Å². The number of carbonyl (C=O) groups excluding carboxylic acids is 2. The number of carboxylic acid groups (broad SMARTS) is 1. The van der Waals surface area contributed by atoms with Crippen molar-refractivity contribution in [2.75, 3.05) is 12.4 Å². The van der Waals surface area contributed by atoms with E-state index in [-0.39, 0.29) is 23.5 Å². The fourth-order valence-corrected chi connectivity index (χ4v) is 3.87. The van der Waals surface area contributed by atoms with Gasteiger partial charge in [0.1, 0.15) is 11.7 Å². The largest absolute Gasteiger partial charge is 0.465 e. The minimum Gasteiger partial charge on any atom is -0.465 e. The number of thiophene rings is 1. The van der Waals surface area contributed by atoms with Crippen molar-refractivity contribution in [2.45, 2.75) is 51.6 Å². The van der Waals surface area contributed by atoms with Crippen molar-refractivity contribution in [3.05, 3.63) is 34.3 Å². The average molecular weight is 470 g/mol. The molecule has 0 spiro atoms. The number of alkyl halides is 1. The molecule has 2 amide bonds. The van der Waals surface area contributed by atoms with Crippen LogP contribution in [0, 0.1) is 5.92 Å². The molecule has 2 aromatic rings. The summed E-state index contributed by atoms with van der Waals surface area (Å²) in [6, 6.07) is 1.15. The number of unbranched alkanes of at least 4 members (excludes halogenated alkanes) is 1. The average Bonchev–Trinajstić information content (AvgIpc) is 3.42. The van der Waals surface area contributed by atoms with Crippen molar-refractivity contribution in [2.24, 2.45) is 5.92 Å². The maximum Gasteiger partial charge on any atom is 0.404 e. The van der Waals surface area contributed by atoms with E-state index in [1.807, 2.05) is 26.2 Å². The summed E-state index contributed by atoms with van der Waals surface area (Å²) in [7, 11) is 0. The SMILES string of the molecule is CC(C)[C@](C)(NC(=O)c1ccsc1)c1cn([C@@H](CCCCNC(=O)O)C(=O)CCl)nn1. The summed E-state index contributed by atoms with van der Waals surface area (Å²) in [6.45, 7) is 6.14. The van der Waals surface area contributed by atoms with E-state index in [9.17, 15) is 14.4 Å². The Morgan fingerprint density at radius 1 is 1.32 bits per heavy atom. The van der Waals surface area contributed by atoms with Crippen LogP contribution in [0.1, 0.15) is 62.1 Å². The number of Topliss-reactive ketones (excluding diaryl/α,β-unsaturated/α-hetero) is 1. The number of halogens is 1. The molecule has 2 atom stereocenters. The molecule has 2 heterocycles. The Hall–Kier alpha value is -2.46. The minimum absolute atomic E-state index is 0.00417. The highest BCUT2D eigenvalue weighted by Crippen LogP contribution is 2.29. The highest BCUT2D eigenvalue weighted by atomic mass is 35.5. The number of nitrogens with one attached hydrogen (secondary N) is 2. The van der Waals surface area contributed by atoms with Crippen LogP contribution in [-0.4, -0.2) is 50.3 Å². The second-order valence-electron chi connectivity index (χ2n) is 7.75. The zero-order chi connectivity index (χ0) is 23.0. The van der Waals surface area contributed by atoms with E-state index in [1.165, 1.54) is 16.0 Å². The van der Waals surface area contributed by atoms with E-state index < -0.39 is 17.7 Å². The number of hydrogen-bond acceptors (Lipinski definition) is 6. The molecule has 31 heavy (non-hydrogen) atoms. The lowest BCUT2D eigenvalue weighted by atomic mass is 9.85. The summed E-state index contributed by atoms with van der Waals surface area (Å²) in [5.74, 6) is -0.558. The first-order chi connectivity index (χ1) is 14.7. The van der Waals surface area contributed by atoms with Crippen molar-refractivity contribution in [3.63, 3.8) is 0 Å². The maximum atomic E-state index is 12.7. The van der Waals surface area contributed by atoms with E-state index in [2.05, 4.69) is 20.9 Å². The summed E-state index contributed by atoms with van der Waals surface area (Å²) >= 11 is 7.24. The molecule has 0 radical (unpaired) electrons. The first kappa shape index (κ1) is 24.8. The molecule has 3 N–H and O–H groups in total. The van der Waals surface area contributed by atoms with Crippen LogP contribution in [0.4, 0.5) is 4.79 Å². The summed E-state index contributed by atoms with van der Waals surface area (Å²) in [4.78, 5) is 35.6. The Morgan fingerprint density at radius 2 is 2.06 bits per heavy atom. The number of carbonyl (C=O) groups is 3. The van der Waals surface area contributed by atoms with Crippen molar-refractivity contribution in [3.8, 4) is 0 Å². The molecule has 0 bridgehead atoms. The lowest BCUT2D eigenvalue weighted by molar-refractivity contribution is -0.120.